The van der Waals surface area contributed by atoms with Crippen molar-refractivity contribution in [1.29, 1.82) is 5.26 Å². The minimum atomic E-state index is -0.509. The van der Waals surface area contributed by atoms with Crippen LogP contribution in [0.3, 0.4) is 0 Å². The second-order valence-electron chi connectivity index (χ2n) is 5.52. The molecule has 6 nitrogen and oxygen atoms in total. The molecular formula is C20H13FN2O4. The number of nitrogens with zero attached hydrogens (tertiary/aromatic N) is 2. The van der Waals surface area contributed by atoms with Crippen LogP contribution in [0.15, 0.2) is 59.0 Å². The van der Waals surface area contributed by atoms with Crippen LogP contribution in [0.4, 0.5) is 10.1 Å². The number of halogens is 1. The van der Waals surface area contributed by atoms with E-state index < -0.39 is 4.92 Å². The summed E-state index contributed by atoms with van der Waals surface area (Å²) in [7, 11) is 1.41. The highest BCUT2D eigenvalue weighted by atomic mass is 19.1. The van der Waals surface area contributed by atoms with Crippen LogP contribution in [-0.4, -0.2) is 12.0 Å². The second kappa shape index (κ2) is 7.54. The molecule has 0 spiro atoms. The highest BCUT2D eigenvalue weighted by Gasteiger charge is 2.15. The summed E-state index contributed by atoms with van der Waals surface area (Å²) < 4.78 is 24.0. The molecule has 2 aromatic carbocycles. The number of rotatable bonds is 5. The van der Waals surface area contributed by atoms with Gasteiger partial charge < -0.3 is 9.15 Å². The van der Waals surface area contributed by atoms with Gasteiger partial charge in [0.05, 0.1) is 35.3 Å². The van der Waals surface area contributed by atoms with Crippen LogP contribution >= 0.6 is 0 Å². The first-order valence-electron chi connectivity index (χ1n) is 7.82. The summed E-state index contributed by atoms with van der Waals surface area (Å²) in [6.07, 6.45) is 1.54. The normalized spacial score (nSPS) is 11.1. The second-order valence-corrected chi connectivity index (χ2v) is 5.52. The van der Waals surface area contributed by atoms with Gasteiger partial charge in [-0.3, -0.25) is 10.1 Å². The lowest BCUT2D eigenvalue weighted by molar-refractivity contribution is -0.384. The molecule has 0 N–H and O–H groups in total. The number of nitro benzene ring substituents is 1. The van der Waals surface area contributed by atoms with Gasteiger partial charge in [0, 0.05) is 6.07 Å². The molecule has 0 bridgehead atoms. The number of ether oxygens (including phenoxy) is 1. The lowest BCUT2D eigenvalue weighted by atomic mass is 10.1. The standard InChI is InChI=1S/C20H13FN2O4/c1-26-20-11-16(23(24)25)6-8-18(20)19-9-7-17(27-19)10-14(12-22)13-2-4-15(21)5-3-13/h2-11H,1H3. The van der Waals surface area contributed by atoms with E-state index in [1.165, 1.54) is 55.7 Å². The number of non-ortho nitro benzene ring substituents is 1. The minimum Gasteiger partial charge on any atom is -0.496 e. The van der Waals surface area contributed by atoms with Gasteiger partial charge in [-0.2, -0.15) is 5.26 Å². The molecule has 134 valence electrons. The Labute approximate surface area is 153 Å². The number of nitriles is 1. The maximum absolute atomic E-state index is 13.0. The average Bonchev–Trinajstić information content (AvgIpc) is 3.14. The summed E-state index contributed by atoms with van der Waals surface area (Å²) in [5.41, 5.74) is 1.32. The Balaban J connectivity index is 1.96. The summed E-state index contributed by atoms with van der Waals surface area (Å²) >= 11 is 0. The van der Waals surface area contributed by atoms with Gasteiger partial charge in [0.15, 0.2) is 0 Å². The Kier molecular flexibility index (Phi) is 4.99. The fraction of sp³-hybridized carbons (Fsp3) is 0.0500. The largest absolute Gasteiger partial charge is 0.496 e. The quantitative estimate of drug-likeness (QED) is 0.358. The van der Waals surface area contributed by atoms with Gasteiger partial charge in [0.25, 0.3) is 5.69 Å². The molecule has 27 heavy (non-hydrogen) atoms. The molecule has 1 heterocycles. The zero-order valence-corrected chi connectivity index (χ0v) is 14.2. The van der Waals surface area contributed by atoms with E-state index in [4.69, 9.17) is 9.15 Å². The first-order chi connectivity index (χ1) is 13.0. The number of allylic oxidation sites excluding steroid dienone is 1. The Hall–Kier alpha value is -3.92. The molecule has 0 aliphatic heterocycles. The van der Waals surface area contributed by atoms with Crippen LogP contribution < -0.4 is 4.74 Å². The Morgan fingerprint density at radius 3 is 2.59 bits per heavy atom. The van der Waals surface area contributed by atoms with Crippen molar-refractivity contribution in [3.8, 4) is 23.1 Å². The summed E-state index contributed by atoms with van der Waals surface area (Å²) in [5.74, 6) is 0.755. The first-order valence-corrected chi connectivity index (χ1v) is 7.82. The lowest BCUT2D eigenvalue weighted by Crippen LogP contribution is -1.92. The van der Waals surface area contributed by atoms with Crippen LogP contribution in [0.2, 0.25) is 0 Å². The first kappa shape index (κ1) is 17.9. The Bertz CT molecular complexity index is 1060. The molecule has 7 heteroatoms. The Morgan fingerprint density at radius 2 is 1.96 bits per heavy atom. The smallest absolute Gasteiger partial charge is 0.273 e. The number of hydrogen-bond donors (Lipinski definition) is 0. The predicted molar refractivity (Wildman–Crippen MR) is 97.2 cm³/mol. The summed E-state index contributed by atoms with van der Waals surface area (Å²) in [5, 5.41) is 20.3. The van der Waals surface area contributed by atoms with Gasteiger partial charge in [0.2, 0.25) is 0 Å². The lowest BCUT2D eigenvalue weighted by Gasteiger charge is -2.05. The van der Waals surface area contributed by atoms with Crippen molar-refractivity contribution in [2.75, 3.05) is 7.11 Å². The number of nitro groups is 1. The summed E-state index contributed by atoms with van der Waals surface area (Å²) in [6, 6.07) is 15.2. The van der Waals surface area contributed by atoms with Crippen molar-refractivity contribution < 1.29 is 18.5 Å². The molecule has 0 aliphatic rings. The number of methoxy groups -OCH3 is 1. The molecule has 0 aliphatic carbocycles. The van der Waals surface area contributed by atoms with Crippen molar-refractivity contribution in [3.63, 3.8) is 0 Å². The third-order valence-corrected chi connectivity index (χ3v) is 3.85. The third-order valence-electron chi connectivity index (χ3n) is 3.85. The molecule has 0 saturated carbocycles. The van der Waals surface area contributed by atoms with E-state index in [-0.39, 0.29) is 11.5 Å². The average molecular weight is 364 g/mol. The highest BCUT2D eigenvalue weighted by molar-refractivity contribution is 5.89. The van der Waals surface area contributed by atoms with E-state index in [2.05, 4.69) is 6.07 Å². The minimum absolute atomic E-state index is 0.0923. The third kappa shape index (κ3) is 3.85. The zero-order valence-electron chi connectivity index (χ0n) is 14.2. The molecule has 1 aromatic heterocycles. The summed E-state index contributed by atoms with van der Waals surface area (Å²) in [4.78, 5) is 10.4. The molecule has 0 radical (unpaired) electrons. The molecule has 0 amide bonds. The fourth-order valence-electron chi connectivity index (χ4n) is 2.52. The number of hydrogen-bond acceptors (Lipinski definition) is 5. The van der Waals surface area contributed by atoms with Gasteiger partial charge in [-0.15, -0.1) is 0 Å². The van der Waals surface area contributed by atoms with E-state index >= 15 is 0 Å². The van der Waals surface area contributed by atoms with E-state index in [9.17, 15) is 19.8 Å². The van der Waals surface area contributed by atoms with Crippen LogP contribution in [0, 0.1) is 27.3 Å². The fourth-order valence-corrected chi connectivity index (χ4v) is 2.52. The van der Waals surface area contributed by atoms with Crippen molar-refractivity contribution in [2.45, 2.75) is 0 Å². The van der Waals surface area contributed by atoms with Crippen molar-refractivity contribution >= 4 is 17.3 Å². The van der Waals surface area contributed by atoms with E-state index in [1.807, 2.05) is 0 Å². The van der Waals surface area contributed by atoms with Crippen molar-refractivity contribution in [1.82, 2.24) is 0 Å². The highest BCUT2D eigenvalue weighted by Crippen LogP contribution is 2.34. The molecular weight excluding hydrogens is 351 g/mol. The molecule has 0 saturated heterocycles. The topological polar surface area (TPSA) is 89.3 Å². The molecule has 0 atom stereocenters. The molecule has 3 aromatic rings. The number of benzene rings is 2. The van der Waals surface area contributed by atoms with E-state index in [1.54, 1.807) is 12.1 Å². The maximum atomic E-state index is 13.0. The molecule has 0 fully saturated rings. The van der Waals surface area contributed by atoms with Crippen LogP contribution in [0.5, 0.6) is 5.75 Å². The van der Waals surface area contributed by atoms with Gasteiger partial charge in [-0.05, 0) is 42.0 Å². The van der Waals surface area contributed by atoms with Crippen molar-refractivity contribution in [2.24, 2.45) is 0 Å². The predicted octanol–water partition coefficient (Wildman–Crippen LogP) is 5.07. The van der Waals surface area contributed by atoms with Crippen molar-refractivity contribution in [3.05, 3.63) is 81.9 Å². The van der Waals surface area contributed by atoms with Gasteiger partial charge in [-0.25, -0.2) is 4.39 Å². The Morgan fingerprint density at radius 1 is 1.22 bits per heavy atom. The van der Waals surface area contributed by atoms with E-state index in [0.717, 1.165) is 0 Å². The monoisotopic (exact) mass is 364 g/mol. The maximum Gasteiger partial charge on any atom is 0.273 e. The summed E-state index contributed by atoms with van der Waals surface area (Å²) in [6.45, 7) is 0. The SMILES string of the molecule is COc1cc([N+](=O)[O-])ccc1-c1ccc(C=C(C#N)c2ccc(F)cc2)o1. The van der Waals surface area contributed by atoms with Crippen LogP contribution in [-0.2, 0) is 0 Å². The van der Waals surface area contributed by atoms with Gasteiger partial charge in [0.1, 0.15) is 23.1 Å². The molecule has 0 unspecified atom stereocenters. The van der Waals surface area contributed by atoms with Gasteiger partial charge >= 0.3 is 0 Å². The number of furan rings is 1. The van der Waals surface area contributed by atoms with Crippen LogP contribution in [0.1, 0.15) is 11.3 Å². The van der Waals surface area contributed by atoms with Gasteiger partial charge in [-0.1, -0.05) is 12.1 Å². The molecule has 3 rings (SSSR count). The van der Waals surface area contributed by atoms with E-state index in [0.29, 0.717) is 34.0 Å². The zero-order chi connectivity index (χ0) is 19.4. The van der Waals surface area contributed by atoms with Crippen LogP contribution in [0.25, 0.3) is 23.0 Å².